The molecule has 0 aliphatic heterocycles. The molecule has 0 aliphatic carbocycles. The fourth-order valence-electron chi connectivity index (χ4n) is 2.85. The van der Waals surface area contributed by atoms with Crippen LogP contribution < -0.4 is 0 Å². The molecule has 2 aromatic rings. The van der Waals surface area contributed by atoms with Gasteiger partial charge < -0.3 is 4.74 Å². The zero-order valence-corrected chi connectivity index (χ0v) is 14.5. The molecule has 2 unspecified atom stereocenters. The molecule has 0 saturated carbocycles. The van der Waals surface area contributed by atoms with Gasteiger partial charge in [0.2, 0.25) is 0 Å². The Morgan fingerprint density at radius 3 is 2.21 bits per heavy atom. The zero-order valence-electron chi connectivity index (χ0n) is 14.5. The largest absolute Gasteiger partial charge is 0.466 e. The second kappa shape index (κ2) is 8.44. The average molecular weight is 324 g/mol. The normalized spacial score (nSPS) is 13.1. The number of ketones is 1. The van der Waals surface area contributed by atoms with E-state index in [1.807, 2.05) is 68.4 Å². The summed E-state index contributed by atoms with van der Waals surface area (Å²) >= 11 is 0. The number of esters is 1. The van der Waals surface area contributed by atoms with E-state index in [0.29, 0.717) is 12.2 Å². The highest BCUT2D eigenvalue weighted by Gasteiger charge is 2.28. The lowest BCUT2D eigenvalue weighted by molar-refractivity contribution is -0.143. The van der Waals surface area contributed by atoms with Crippen molar-refractivity contribution in [2.45, 2.75) is 33.1 Å². The van der Waals surface area contributed by atoms with E-state index in [1.54, 1.807) is 6.92 Å². The minimum absolute atomic E-state index is 0.0492. The van der Waals surface area contributed by atoms with Gasteiger partial charge in [-0.1, -0.05) is 67.1 Å². The first-order chi connectivity index (χ1) is 11.5. The number of carbonyl (C=O) groups excluding carboxylic acids is 2. The van der Waals surface area contributed by atoms with Gasteiger partial charge in [-0.15, -0.1) is 0 Å². The summed E-state index contributed by atoms with van der Waals surface area (Å²) in [7, 11) is 0. The molecule has 2 rings (SSSR count). The number of Topliss-reactive ketones (excluding diaryl/α,β-unsaturated/α-hetero) is 1. The van der Waals surface area contributed by atoms with Crippen LogP contribution in [-0.4, -0.2) is 18.4 Å². The Bertz CT molecular complexity index is 674. The Morgan fingerprint density at radius 1 is 1.00 bits per heavy atom. The molecule has 0 heterocycles. The monoisotopic (exact) mass is 324 g/mol. The zero-order chi connectivity index (χ0) is 17.5. The quantitative estimate of drug-likeness (QED) is 0.554. The predicted molar refractivity (Wildman–Crippen MR) is 95.1 cm³/mol. The van der Waals surface area contributed by atoms with Crippen LogP contribution in [0.2, 0.25) is 0 Å². The Balaban J connectivity index is 2.26. The van der Waals surface area contributed by atoms with Gasteiger partial charge in [-0.3, -0.25) is 9.59 Å². The lowest BCUT2D eigenvalue weighted by Gasteiger charge is -2.23. The van der Waals surface area contributed by atoms with E-state index in [-0.39, 0.29) is 30.0 Å². The van der Waals surface area contributed by atoms with Crippen molar-refractivity contribution in [2.75, 3.05) is 6.61 Å². The maximum atomic E-state index is 12.9. The Labute approximate surface area is 143 Å². The smallest absolute Gasteiger partial charge is 0.306 e. The molecule has 0 aliphatic rings. The van der Waals surface area contributed by atoms with E-state index < -0.39 is 0 Å². The number of hydrogen-bond acceptors (Lipinski definition) is 3. The maximum Gasteiger partial charge on any atom is 0.306 e. The molecule has 0 fully saturated rings. The van der Waals surface area contributed by atoms with Crippen molar-refractivity contribution in [1.82, 2.24) is 0 Å². The molecule has 0 N–H and O–H groups in total. The molecule has 126 valence electrons. The van der Waals surface area contributed by atoms with Crippen molar-refractivity contribution >= 4 is 11.8 Å². The van der Waals surface area contributed by atoms with Crippen molar-refractivity contribution < 1.29 is 14.3 Å². The number of carbonyl (C=O) groups is 2. The summed E-state index contributed by atoms with van der Waals surface area (Å²) in [5, 5.41) is 0. The Kier molecular flexibility index (Phi) is 6.30. The summed E-state index contributed by atoms with van der Waals surface area (Å²) in [6.45, 7) is 6.02. The average Bonchev–Trinajstić information content (AvgIpc) is 2.60. The van der Waals surface area contributed by atoms with Gasteiger partial charge in [-0.2, -0.15) is 0 Å². The third kappa shape index (κ3) is 4.54. The lowest BCUT2D eigenvalue weighted by Crippen LogP contribution is -2.23. The van der Waals surface area contributed by atoms with Crippen molar-refractivity contribution in [3.63, 3.8) is 0 Å². The number of aryl methyl sites for hydroxylation is 1. The predicted octanol–water partition coefficient (Wildman–Crippen LogP) is 4.55. The number of rotatable bonds is 7. The number of hydrogen-bond donors (Lipinski definition) is 0. The van der Waals surface area contributed by atoms with Crippen LogP contribution in [0.4, 0.5) is 0 Å². The van der Waals surface area contributed by atoms with Crippen LogP contribution in [0.5, 0.6) is 0 Å². The summed E-state index contributed by atoms with van der Waals surface area (Å²) in [5.74, 6) is -0.721. The fourth-order valence-corrected chi connectivity index (χ4v) is 2.85. The molecule has 2 aromatic carbocycles. The summed E-state index contributed by atoms with van der Waals surface area (Å²) in [4.78, 5) is 24.9. The lowest BCUT2D eigenvalue weighted by atomic mass is 9.80. The fraction of sp³-hybridized carbons (Fsp3) is 0.333. The summed E-state index contributed by atoms with van der Waals surface area (Å²) in [6, 6.07) is 17.3. The van der Waals surface area contributed by atoms with E-state index in [4.69, 9.17) is 4.74 Å². The van der Waals surface area contributed by atoms with Gasteiger partial charge in [0, 0.05) is 17.4 Å². The van der Waals surface area contributed by atoms with Gasteiger partial charge >= 0.3 is 5.97 Å². The molecule has 3 nitrogen and oxygen atoms in total. The van der Waals surface area contributed by atoms with Crippen LogP contribution >= 0.6 is 0 Å². The van der Waals surface area contributed by atoms with Gasteiger partial charge in [0.1, 0.15) is 0 Å². The van der Waals surface area contributed by atoms with Crippen LogP contribution in [0.3, 0.4) is 0 Å². The van der Waals surface area contributed by atoms with Crippen molar-refractivity contribution in [3.8, 4) is 0 Å². The van der Waals surface area contributed by atoms with Crippen molar-refractivity contribution in [3.05, 3.63) is 71.3 Å². The number of benzene rings is 2. The van der Waals surface area contributed by atoms with E-state index >= 15 is 0 Å². The Hall–Kier alpha value is -2.42. The maximum absolute atomic E-state index is 12.9. The molecule has 0 spiro atoms. The molecular weight excluding hydrogens is 300 g/mol. The first-order valence-corrected chi connectivity index (χ1v) is 8.34. The topological polar surface area (TPSA) is 43.4 Å². The highest BCUT2D eigenvalue weighted by atomic mass is 16.5. The van der Waals surface area contributed by atoms with Crippen molar-refractivity contribution in [2.24, 2.45) is 5.92 Å². The minimum atomic E-state index is -0.306. The molecule has 0 amide bonds. The standard InChI is InChI=1S/C21H24O3/c1-4-24-20(22)14-19(17-8-6-5-7-9-17)16(3)21(23)18-12-10-15(2)11-13-18/h5-13,16,19H,4,14H2,1-3H3. The molecule has 24 heavy (non-hydrogen) atoms. The van der Waals surface area contributed by atoms with E-state index in [9.17, 15) is 9.59 Å². The van der Waals surface area contributed by atoms with Crippen LogP contribution in [0.1, 0.15) is 47.7 Å². The molecule has 0 saturated heterocycles. The second-order valence-electron chi connectivity index (χ2n) is 6.05. The highest BCUT2D eigenvalue weighted by Crippen LogP contribution is 2.31. The van der Waals surface area contributed by atoms with Crippen LogP contribution in [0.15, 0.2) is 54.6 Å². The van der Waals surface area contributed by atoms with Crippen molar-refractivity contribution in [1.29, 1.82) is 0 Å². The van der Waals surface area contributed by atoms with Gasteiger partial charge in [-0.05, 0) is 19.4 Å². The van der Waals surface area contributed by atoms with E-state index in [2.05, 4.69) is 0 Å². The van der Waals surface area contributed by atoms with Gasteiger partial charge in [-0.25, -0.2) is 0 Å². The minimum Gasteiger partial charge on any atom is -0.466 e. The molecule has 2 atom stereocenters. The third-order valence-corrected chi connectivity index (χ3v) is 4.27. The summed E-state index contributed by atoms with van der Waals surface area (Å²) in [6.07, 6.45) is 0.205. The summed E-state index contributed by atoms with van der Waals surface area (Å²) in [5.41, 5.74) is 2.78. The second-order valence-corrected chi connectivity index (χ2v) is 6.05. The molecule has 0 aromatic heterocycles. The Morgan fingerprint density at radius 2 is 1.62 bits per heavy atom. The molecule has 3 heteroatoms. The molecule has 0 radical (unpaired) electrons. The van der Waals surface area contributed by atoms with Crippen LogP contribution in [0.25, 0.3) is 0 Å². The van der Waals surface area contributed by atoms with E-state index in [0.717, 1.165) is 11.1 Å². The SMILES string of the molecule is CCOC(=O)CC(c1ccccc1)C(C)C(=O)c1ccc(C)cc1. The van der Waals surface area contributed by atoms with E-state index in [1.165, 1.54) is 0 Å². The van der Waals surface area contributed by atoms with Crippen LogP contribution in [-0.2, 0) is 9.53 Å². The first-order valence-electron chi connectivity index (χ1n) is 8.34. The van der Waals surface area contributed by atoms with Gasteiger partial charge in [0.25, 0.3) is 0 Å². The number of ether oxygens (including phenoxy) is 1. The third-order valence-electron chi connectivity index (χ3n) is 4.27. The van der Waals surface area contributed by atoms with Gasteiger partial charge in [0.05, 0.1) is 13.0 Å². The summed E-state index contributed by atoms with van der Waals surface area (Å²) < 4.78 is 5.09. The van der Waals surface area contributed by atoms with Crippen LogP contribution in [0, 0.1) is 12.8 Å². The highest BCUT2D eigenvalue weighted by molar-refractivity contribution is 5.98. The van der Waals surface area contributed by atoms with Gasteiger partial charge in [0.15, 0.2) is 5.78 Å². The first kappa shape index (κ1) is 17.9. The molecular formula is C21H24O3. The molecule has 0 bridgehead atoms.